The van der Waals surface area contributed by atoms with Crippen molar-refractivity contribution in [1.82, 2.24) is 9.97 Å². The third kappa shape index (κ3) is 3.51. The molecule has 0 fully saturated rings. The Hall–Kier alpha value is -3.12. The molecule has 4 rings (SSSR count). The first-order valence-corrected chi connectivity index (χ1v) is 9.93. The zero-order chi connectivity index (χ0) is 19.5. The van der Waals surface area contributed by atoms with Crippen LogP contribution in [0.5, 0.6) is 5.75 Å². The normalized spacial score (nSPS) is 10.9. The summed E-state index contributed by atoms with van der Waals surface area (Å²) in [5.74, 6) is 0.427. The first-order chi connectivity index (χ1) is 13.7. The molecule has 0 spiro atoms. The van der Waals surface area contributed by atoms with Crippen LogP contribution in [0, 0.1) is 0 Å². The van der Waals surface area contributed by atoms with Crippen molar-refractivity contribution in [2.75, 3.05) is 13.7 Å². The number of aromatic nitrogens is 2. The molecule has 0 unspecified atom stereocenters. The highest BCUT2D eigenvalue weighted by Crippen LogP contribution is 2.34. The van der Waals surface area contributed by atoms with Crippen LogP contribution in [0.3, 0.4) is 0 Å². The standard InChI is InChI=1S/C22H20N2O3S/c1-3-27-22(25)19-13-28-20(23-19)12-17-16-10-9-15(26-2)11-18(16)24-21(17)14-7-5-4-6-8-14/h4-11,13,24H,3,12H2,1-2H3. The maximum Gasteiger partial charge on any atom is 0.357 e. The molecule has 0 amide bonds. The van der Waals surface area contributed by atoms with Crippen molar-refractivity contribution in [1.29, 1.82) is 0 Å². The molecule has 1 N–H and O–H groups in total. The minimum absolute atomic E-state index is 0.341. The number of H-pyrrole nitrogens is 1. The summed E-state index contributed by atoms with van der Waals surface area (Å²) in [5, 5.41) is 3.75. The summed E-state index contributed by atoms with van der Waals surface area (Å²) in [5.41, 5.74) is 4.68. The van der Waals surface area contributed by atoms with E-state index in [4.69, 9.17) is 9.47 Å². The molecular formula is C22H20N2O3S. The Morgan fingerprint density at radius 2 is 2.00 bits per heavy atom. The topological polar surface area (TPSA) is 64.2 Å². The lowest BCUT2D eigenvalue weighted by atomic mass is 10.0. The fourth-order valence-corrected chi connectivity index (χ4v) is 4.01. The highest BCUT2D eigenvalue weighted by atomic mass is 32.1. The smallest absolute Gasteiger partial charge is 0.357 e. The summed E-state index contributed by atoms with van der Waals surface area (Å²) >= 11 is 1.47. The molecule has 0 bridgehead atoms. The van der Waals surface area contributed by atoms with Gasteiger partial charge in [0.2, 0.25) is 0 Å². The Labute approximate surface area is 167 Å². The predicted octanol–water partition coefficient (Wildman–Crippen LogP) is 5.07. The minimum Gasteiger partial charge on any atom is -0.497 e. The molecule has 0 saturated carbocycles. The quantitative estimate of drug-likeness (QED) is 0.466. The predicted molar refractivity (Wildman–Crippen MR) is 111 cm³/mol. The van der Waals surface area contributed by atoms with E-state index in [0.29, 0.717) is 18.7 Å². The molecule has 4 aromatic rings. The summed E-state index contributed by atoms with van der Waals surface area (Å²) in [7, 11) is 1.66. The van der Waals surface area contributed by atoms with E-state index in [0.717, 1.165) is 38.5 Å². The Morgan fingerprint density at radius 3 is 2.75 bits per heavy atom. The third-order valence-corrected chi connectivity index (χ3v) is 5.39. The van der Waals surface area contributed by atoms with Gasteiger partial charge in [0.05, 0.1) is 24.4 Å². The Morgan fingerprint density at radius 1 is 1.18 bits per heavy atom. The first-order valence-electron chi connectivity index (χ1n) is 9.05. The molecule has 2 heterocycles. The summed E-state index contributed by atoms with van der Waals surface area (Å²) in [6, 6.07) is 16.2. The zero-order valence-electron chi connectivity index (χ0n) is 15.7. The second-order valence-electron chi connectivity index (χ2n) is 6.28. The fourth-order valence-electron chi connectivity index (χ4n) is 3.24. The second kappa shape index (κ2) is 7.86. The molecule has 2 aromatic carbocycles. The summed E-state index contributed by atoms with van der Waals surface area (Å²) in [6.45, 7) is 2.13. The number of carbonyl (C=O) groups is 1. The van der Waals surface area contributed by atoms with Crippen LogP contribution in [0.4, 0.5) is 0 Å². The van der Waals surface area contributed by atoms with E-state index in [9.17, 15) is 4.79 Å². The Kier molecular flexibility index (Phi) is 5.12. The van der Waals surface area contributed by atoms with Crippen molar-refractivity contribution in [3.05, 3.63) is 70.2 Å². The van der Waals surface area contributed by atoms with E-state index in [1.807, 2.05) is 30.3 Å². The van der Waals surface area contributed by atoms with Crippen molar-refractivity contribution in [3.8, 4) is 17.0 Å². The average molecular weight is 392 g/mol. The number of carbonyl (C=O) groups excluding carboxylic acids is 1. The number of fused-ring (bicyclic) bond motifs is 1. The van der Waals surface area contributed by atoms with Gasteiger partial charge in [-0.05, 0) is 30.2 Å². The molecule has 0 aliphatic heterocycles. The number of nitrogens with zero attached hydrogens (tertiary/aromatic N) is 1. The van der Waals surface area contributed by atoms with Crippen molar-refractivity contribution < 1.29 is 14.3 Å². The molecule has 2 aromatic heterocycles. The summed E-state index contributed by atoms with van der Waals surface area (Å²) < 4.78 is 10.4. The lowest BCUT2D eigenvalue weighted by Gasteiger charge is -2.04. The van der Waals surface area contributed by atoms with Crippen molar-refractivity contribution in [2.45, 2.75) is 13.3 Å². The van der Waals surface area contributed by atoms with Crippen LogP contribution in [-0.4, -0.2) is 29.7 Å². The van der Waals surface area contributed by atoms with Gasteiger partial charge in [-0.25, -0.2) is 9.78 Å². The summed E-state index contributed by atoms with van der Waals surface area (Å²) in [4.78, 5) is 19.9. The van der Waals surface area contributed by atoms with Crippen molar-refractivity contribution >= 4 is 28.2 Å². The van der Waals surface area contributed by atoms with Gasteiger partial charge in [0.15, 0.2) is 5.69 Å². The molecular weight excluding hydrogens is 372 g/mol. The Bertz CT molecular complexity index is 1120. The van der Waals surface area contributed by atoms with Crippen molar-refractivity contribution in [2.24, 2.45) is 0 Å². The van der Waals surface area contributed by atoms with Crippen LogP contribution in [-0.2, 0) is 11.2 Å². The van der Waals surface area contributed by atoms with Gasteiger partial charge in [-0.3, -0.25) is 0 Å². The number of methoxy groups -OCH3 is 1. The van der Waals surface area contributed by atoms with Gasteiger partial charge in [-0.1, -0.05) is 30.3 Å². The lowest BCUT2D eigenvalue weighted by molar-refractivity contribution is 0.0520. The number of benzene rings is 2. The van der Waals surface area contributed by atoms with Gasteiger partial charge in [-0.2, -0.15) is 0 Å². The molecule has 0 radical (unpaired) electrons. The number of rotatable bonds is 6. The number of ether oxygens (including phenoxy) is 2. The molecule has 142 valence electrons. The van der Waals surface area contributed by atoms with Crippen LogP contribution in [0.25, 0.3) is 22.2 Å². The van der Waals surface area contributed by atoms with Gasteiger partial charge in [0.25, 0.3) is 0 Å². The van der Waals surface area contributed by atoms with Gasteiger partial charge in [0, 0.05) is 28.8 Å². The van der Waals surface area contributed by atoms with E-state index >= 15 is 0 Å². The van der Waals surface area contributed by atoms with Crippen molar-refractivity contribution in [3.63, 3.8) is 0 Å². The molecule has 5 nitrogen and oxygen atoms in total. The number of hydrogen-bond donors (Lipinski definition) is 1. The highest BCUT2D eigenvalue weighted by Gasteiger charge is 2.17. The number of esters is 1. The summed E-state index contributed by atoms with van der Waals surface area (Å²) in [6.07, 6.45) is 0.626. The lowest BCUT2D eigenvalue weighted by Crippen LogP contribution is -2.05. The van der Waals surface area contributed by atoms with Crippen LogP contribution in [0.15, 0.2) is 53.9 Å². The van der Waals surface area contributed by atoms with Crippen LogP contribution in [0.1, 0.15) is 28.0 Å². The minimum atomic E-state index is -0.378. The van der Waals surface area contributed by atoms with Gasteiger partial charge < -0.3 is 14.5 Å². The molecule has 0 aliphatic carbocycles. The van der Waals surface area contributed by atoms with E-state index < -0.39 is 0 Å². The maximum atomic E-state index is 11.9. The molecule has 28 heavy (non-hydrogen) atoms. The monoisotopic (exact) mass is 392 g/mol. The number of hydrogen-bond acceptors (Lipinski definition) is 5. The third-order valence-electron chi connectivity index (χ3n) is 4.54. The van der Waals surface area contributed by atoms with E-state index in [-0.39, 0.29) is 5.97 Å². The average Bonchev–Trinajstić information content (AvgIpc) is 3.34. The molecule has 0 atom stereocenters. The number of nitrogens with one attached hydrogen (secondary N) is 1. The van der Waals surface area contributed by atoms with Crippen LogP contribution in [0.2, 0.25) is 0 Å². The first kappa shape index (κ1) is 18.3. The number of thiazole rings is 1. The SMILES string of the molecule is CCOC(=O)c1csc(Cc2c(-c3ccccc3)[nH]c3cc(OC)ccc23)n1. The highest BCUT2D eigenvalue weighted by molar-refractivity contribution is 7.09. The molecule has 6 heteroatoms. The maximum absolute atomic E-state index is 11.9. The van der Waals surface area contributed by atoms with Gasteiger partial charge >= 0.3 is 5.97 Å². The molecule has 0 aliphatic rings. The van der Waals surface area contributed by atoms with Crippen LogP contribution < -0.4 is 4.74 Å². The van der Waals surface area contributed by atoms with Gasteiger partial charge in [0.1, 0.15) is 5.75 Å². The van der Waals surface area contributed by atoms with E-state index in [2.05, 4.69) is 28.2 Å². The Balaban J connectivity index is 1.77. The van der Waals surface area contributed by atoms with Gasteiger partial charge in [-0.15, -0.1) is 11.3 Å². The number of aromatic amines is 1. The largest absolute Gasteiger partial charge is 0.497 e. The van der Waals surface area contributed by atoms with Crippen LogP contribution >= 0.6 is 11.3 Å². The van der Waals surface area contributed by atoms with E-state index in [1.165, 1.54) is 11.3 Å². The zero-order valence-corrected chi connectivity index (χ0v) is 16.5. The molecule has 0 saturated heterocycles. The van der Waals surface area contributed by atoms with E-state index in [1.54, 1.807) is 19.4 Å². The fraction of sp³-hybridized carbons (Fsp3) is 0.182. The second-order valence-corrected chi connectivity index (χ2v) is 7.22.